The summed E-state index contributed by atoms with van der Waals surface area (Å²) in [4.78, 5) is 15.5. The topological polar surface area (TPSA) is 50.2 Å². The van der Waals surface area contributed by atoms with E-state index in [1.54, 1.807) is 0 Å². The van der Waals surface area contributed by atoms with Crippen LogP contribution in [0.25, 0.3) is 22.2 Å². The average Bonchev–Trinajstić information content (AvgIpc) is 2.53. The number of para-hydroxylation sites is 1. The zero-order valence-corrected chi connectivity index (χ0v) is 12.5. The van der Waals surface area contributed by atoms with Crippen molar-refractivity contribution < 1.29 is 9.90 Å². The van der Waals surface area contributed by atoms with Crippen molar-refractivity contribution >= 4 is 28.5 Å². The Morgan fingerprint density at radius 3 is 2.55 bits per heavy atom. The van der Waals surface area contributed by atoms with Crippen LogP contribution in [0.2, 0.25) is 5.02 Å². The molecule has 1 aromatic heterocycles. The molecule has 0 aliphatic rings. The molecule has 2 aromatic carbocycles. The third kappa shape index (κ3) is 3.10. The van der Waals surface area contributed by atoms with E-state index in [1.165, 1.54) is 0 Å². The molecule has 3 aromatic rings. The van der Waals surface area contributed by atoms with Crippen LogP contribution in [-0.2, 0) is 11.2 Å². The van der Waals surface area contributed by atoms with Crippen molar-refractivity contribution in [1.82, 2.24) is 4.98 Å². The molecular weight excluding hydrogens is 298 g/mol. The molecule has 0 saturated heterocycles. The molecule has 0 atom stereocenters. The predicted molar refractivity (Wildman–Crippen MR) is 88.1 cm³/mol. The lowest BCUT2D eigenvalue weighted by Crippen LogP contribution is -1.99. The highest BCUT2D eigenvalue weighted by atomic mass is 35.5. The van der Waals surface area contributed by atoms with Gasteiger partial charge in [0.15, 0.2) is 0 Å². The molecule has 110 valence electrons. The third-order valence-corrected chi connectivity index (χ3v) is 3.80. The number of fused-ring (bicyclic) bond motifs is 1. The first-order valence-corrected chi connectivity index (χ1v) is 7.38. The minimum absolute atomic E-state index is 0.105. The van der Waals surface area contributed by atoms with E-state index < -0.39 is 5.97 Å². The van der Waals surface area contributed by atoms with Crippen LogP contribution >= 0.6 is 11.6 Å². The van der Waals surface area contributed by atoms with Crippen molar-refractivity contribution in [2.45, 2.75) is 12.8 Å². The van der Waals surface area contributed by atoms with Crippen LogP contribution in [0.15, 0.2) is 54.6 Å². The first-order chi connectivity index (χ1) is 10.6. The first-order valence-electron chi connectivity index (χ1n) is 7.00. The largest absolute Gasteiger partial charge is 0.481 e. The Labute approximate surface area is 133 Å². The van der Waals surface area contributed by atoms with E-state index in [2.05, 4.69) is 4.98 Å². The fourth-order valence-corrected chi connectivity index (χ4v) is 2.59. The number of aromatic nitrogens is 1. The van der Waals surface area contributed by atoms with E-state index in [4.69, 9.17) is 16.7 Å². The molecule has 1 heterocycles. The summed E-state index contributed by atoms with van der Waals surface area (Å²) in [5, 5.41) is 10.6. The molecule has 0 amide bonds. The van der Waals surface area contributed by atoms with E-state index in [0.29, 0.717) is 11.4 Å². The van der Waals surface area contributed by atoms with Crippen LogP contribution in [0.3, 0.4) is 0 Å². The predicted octanol–water partition coefficient (Wildman–Crippen LogP) is 4.57. The SMILES string of the molecule is O=C(O)CCc1cc(-c2ccc(Cl)cc2)nc2ccccc12. The maximum atomic E-state index is 10.9. The van der Waals surface area contributed by atoms with Crippen LogP contribution < -0.4 is 0 Å². The molecular formula is C18H14ClNO2. The van der Waals surface area contributed by atoms with Gasteiger partial charge in [-0.25, -0.2) is 4.98 Å². The Kier molecular flexibility index (Phi) is 4.07. The summed E-state index contributed by atoms with van der Waals surface area (Å²) >= 11 is 5.92. The molecule has 0 unspecified atom stereocenters. The molecule has 0 spiro atoms. The van der Waals surface area contributed by atoms with E-state index >= 15 is 0 Å². The Bertz CT molecular complexity index is 828. The van der Waals surface area contributed by atoms with Gasteiger partial charge < -0.3 is 5.11 Å². The average molecular weight is 312 g/mol. The second-order valence-corrected chi connectivity index (χ2v) is 5.52. The fraction of sp³-hybridized carbons (Fsp3) is 0.111. The molecule has 22 heavy (non-hydrogen) atoms. The highest BCUT2D eigenvalue weighted by molar-refractivity contribution is 6.30. The van der Waals surface area contributed by atoms with Gasteiger partial charge in [-0.2, -0.15) is 0 Å². The Morgan fingerprint density at radius 1 is 1.09 bits per heavy atom. The van der Waals surface area contributed by atoms with E-state index in [0.717, 1.165) is 27.7 Å². The van der Waals surface area contributed by atoms with Gasteiger partial charge in [0.2, 0.25) is 0 Å². The summed E-state index contributed by atoms with van der Waals surface area (Å²) in [5.41, 5.74) is 3.66. The van der Waals surface area contributed by atoms with Crippen LogP contribution in [0, 0.1) is 0 Å². The maximum absolute atomic E-state index is 10.9. The second kappa shape index (κ2) is 6.16. The third-order valence-electron chi connectivity index (χ3n) is 3.55. The summed E-state index contributed by atoms with van der Waals surface area (Å²) in [5.74, 6) is -0.797. The molecule has 1 N–H and O–H groups in total. The minimum Gasteiger partial charge on any atom is -0.481 e. The zero-order chi connectivity index (χ0) is 15.5. The van der Waals surface area contributed by atoms with Crippen LogP contribution in [0.1, 0.15) is 12.0 Å². The van der Waals surface area contributed by atoms with Crippen molar-refractivity contribution in [3.8, 4) is 11.3 Å². The van der Waals surface area contributed by atoms with E-state index in [-0.39, 0.29) is 6.42 Å². The molecule has 0 fully saturated rings. The number of carbonyl (C=O) groups is 1. The smallest absolute Gasteiger partial charge is 0.303 e. The minimum atomic E-state index is -0.797. The molecule has 0 radical (unpaired) electrons. The number of aryl methyl sites for hydroxylation is 1. The van der Waals surface area contributed by atoms with Gasteiger partial charge in [-0.15, -0.1) is 0 Å². The summed E-state index contributed by atoms with van der Waals surface area (Å²) in [7, 11) is 0. The number of hydrogen-bond acceptors (Lipinski definition) is 2. The van der Waals surface area contributed by atoms with Crippen molar-refractivity contribution in [3.05, 3.63) is 65.2 Å². The van der Waals surface area contributed by atoms with Gasteiger partial charge in [0.25, 0.3) is 0 Å². The van der Waals surface area contributed by atoms with Gasteiger partial charge in [-0.3, -0.25) is 4.79 Å². The number of pyridine rings is 1. The van der Waals surface area contributed by atoms with E-state index in [9.17, 15) is 4.79 Å². The van der Waals surface area contributed by atoms with Crippen molar-refractivity contribution in [2.24, 2.45) is 0 Å². The first kappa shape index (κ1) is 14.5. The lowest BCUT2D eigenvalue weighted by atomic mass is 10.0. The number of benzene rings is 2. The highest BCUT2D eigenvalue weighted by Crippen LogP contribution is 2.26. The standard InChI is InChI=1S/C18H14ClNO2/c19-14-8-5-12(6-9-14)17-11-13(7-10-18(21)22)15-3-1-2-4-16(15)20-17/h1-6,8-9,11H,7,10H2,(H,21,22). The quantitative estimate of drug-likeness (QED) is 0.767. The molecule has 0 aliphatic heterocycles. The Hall–Kier alpha value is -2.39. The number of carboxylic acid groups (broad SMARTS) is 1. The number of hydrogen-bond donors (Lipinski definition) is 1. The molecule has 0 aliphatic carbocycles. The number of halogens is 1. The second-order valence-electron chi connectivity index (χ2n) is 5.08. The lowest BCUT2D eigenvalue weighted by molar-refractivity contribution is -0.136. The normalized spacial score (nSPS) is 10.8. The molecule has 3 rings (SSSR count). The molecule has 4 heteroatoms. The van der Waals surface area contributed by atoms with Crippen LogP contribution in [0.5, 0.6) is 0 Å². The van der Waals surface area contributed by atoms with Gasteiger partial charge in [0, 0.05) is 22.4 Å². The van der Waals surface area contributed by atoms with Crippen molar-refractivity contribution in [1.29, 1.82) is 0 Å². The van der Waals surface area contributed by atoms with Crippen LogP contribution in [0.4, 0.5) is 0 Å². The van der Waals surface area contributed by atoms with Gasteiger partial charge >= 0.3 is 5.97 Å². The Balaban J connectivity index is 2.11. The van der Waals surface area contributed by atoms with E-state index in [1.807, 2.05) is 54.6 Å². The summed E-state index contributed by atoms with van der Waals surface area (Å²) < 4.78 is 0. The maximum Gasteiger partial charge on any atom is 0.303 e. The van der Waals surface area contributed by atoms with Gasteiger partial charge in [0.1, 0.15) is 0 Å². The highest BCUT2D eigenvalue weighted by Gasteiger charge is 2.09. The van der Waals surface area contributed by atoms with Crippen LogP contribution in [-0.4, -0.2) is 16.1 Å². The number of nitrogens with zero attached hydrogens (tertiary/aromatic N) is 1. The molecule has 3 nitrogen and oxygen atoms in total. The summed E-state index contributed by atoms with van der Waals surface area (Å²) in [6.45, 7) is 0. The zero-order valence-electron chi connectivity index (χ0n) is 11.8. The number of carboxylic acids is 1. The monoisotopic (exact) mass is 311 g/mol. The number of aliphatic carboxylic acids is 1. The van der Waals surface area contributed by atoms with Crippen molar-refractivity contribution in [3.63, 3.8) is 0 Å². The molecule has 0 saturated carbocycles. The number of rotatable bonds is 4. The molecule has 0 bridgehead atoms. The van der Waals surface area contributed by atoms with Gasteiger partial charge in [0.05, 0.1) is 11.2 Å². The lowest BCUT2D eigenvalue weighted by Gasteiger charge is -2.09. The Morgan fingerprint density at radius 2 is 1.82 bits per heavy atom. The van der Waals surface area contributed by atoms with Crippen molar-refractivity contribution in [2.75, 3.05) is 0 Å². The van der Waals surface area contributed by atoms with Gasteiger partial charge in [-0.05, 0) is 36.2 Å². The fourth-order valence-electron chi connectivity index (χ4n) is 2.46. The summed E-state index contributed by atoms with van der Waals surface area (Å²) in [6, 6.07) is 17.2. The summed E-state index contributed by atoms with van der Waals surface area (Å²) in [6.07, 6.45) is 0.590. The van der Waals surface area contributed by atoms with Gasteiger partial charge in [-0.1, -0.05) is 41.9 Å².